The Balaban J connectivity index is 2.28. The molecule has 0 aromatic heterocycles. The zero-order valence-corrected chi connectivity index (χ0v) is 8.28. The Morgan fingerprint density at radius 2 is 2.07 bits per heavy atom. The predicted octanol–water partition coefficient (Wildman–Crippen LogP) is 1.47. The van der Waals surface area contributed by atoms with Gasteiger partial charge in [0.1, 0.15) is 12.1 Å². The average Bonchev–Trinajstić information content (AvgIpc) is 2.31. The number of morpholine rings is 1. The molecule has 1 saturated heterocycles. The van der Waals surface area contributed by atoms with Crippen LogP contribution in [-0.4, -0.2) is 32.6 Å². The third kappa shape index (κ3) is 2.15. The minimum absolute atomic E-state index is 0.289. The summed E-state index contributed by atoms with van der Waals surface area (Å²) in [6.07, 6.45) is 0.726. The molecular weight excluding hydrogens is 197 g/mol. The molecule has 0 radical (unpaired) electrons. The van der Waals surface area contributed by atoms with Gasteiger partial charge in [0.15, 0.2) is 0 Å². The first kappa shape index (κ1) is 10.1. The van der Waals surface area contributed by atoms with Gasteiger partial charge in [0.05, 0.1) is 18.9 Å². The first-order valence-electron chi connectivity index (χ1n) is 4.88. The SMILES string of the molecule is O=Cc1ccc(F)c(N2CCOCC2)c1. The van der Waals surface area contributed by atoms with E-state index in [9.17, 15) is 9.18 Å². The molecule has 1 aromatic rings. The topological polar surface area (TPSA) is 29.5 Å². The lowest BCUT2D eigenvalue weighted by Gasteiger charge is -2.29. The summed E-state index contributed by atoms with van der Waals surface area (Å²) >= 11 is 0. The monoisotopic (exact) mass is 209 g/mol. The van der Waals surface area contributed by atoms with Crippen LogP contribution in [0, 0.1) is 5.82 Å². The number of benzene rings is 1. The number of rotatable bonds is 2. The van der Waals surface area contributed by atoms with Crippen molar-refractivity contribution in [1.29, 1.82) is 0 Å². The number of hydrogen-bond donors (Lipinski definition) is 0. The van der Waals surface area contributed by atoms with E-state index in [1.165, 1.54) is 12.1 Å². The molecule has 0 saturated carbocycles. The fraction of sp³-hybridized carbons (Fsp3) is 0.364. The van der Waals surface area contributed by atoms with E-state index in [0.717, 1.165) is 6.29 Å². The van der Waals surface area contributed by atoms with Gasteiger partial charge in [-0.2, -0.15) is 0 Å². The van der Waals surface area contributed by atoms with Crippen LogP contribution in [0.25, 0.3) is 0 Å². The molecule has 0 amide bonds. The maximum absolute atomic E-state index is 13.5. The molecule has 1 aromatic carbocycles. The van der Waals surface area contributed by atoms with E-state index in [1.54, 1.807) is 6.07 Å². The van der Waals surface area contributed by atoms with Gasteiger partial charge in [-0.15, -0.1) is 0 Å². The van der Waals surface area contributed by atoms with Gasteiger partial charge in [-0.3, -0.25) is 4.79 Å². The summed E-state index contributed by atoms with van der Waals surface area (Å²) in [5, 5.41) is 0. The fourth-order valence-corrected chi connectivity index (χ4v) is 1.65. The first-order valence-corrected chi connectivity index (χ1v) is 4.88. The molecule has 2 rings (SSSR count). The van der Waals surface area contributed by atoms with Crippen LogP contribution in [0.15, 0.2) is 18.2 Å². The van der Waals surface area contributed by atoms with Crippen LogP contribution >= 0.6 is 0 Å². The standard InChI is InChI=1S/C11H12FNO2/c12-10-2-1-9(8-14)7-11(10)13-3-5-15-6-4-13/h1-2,7-8H,3-6H2. The third-order valence-electron chi connectivity index (χ3n) is 2.46. The van der Waals surface area contributed by atoms with Crippen molar-refractivity contribution >= 4 is 12.0 Å². The van der Waals surface area contributed by atoms with Crippen molar-refractivity contribution in [3.05, 3.63) is 29.6 Å². The number of halogens is 1. The molecule has 15 heavy (non-hydrogen) atoms. The second-order valence-electron chi connectivity index (χ2n) is 3.43. The third-order valence-corrected chi connectivity index (χ3v) is 2.46. The van der Waals surface area contributed by atoms with Crippen LogP contribution in [0.2, 0.25) is 0 Å². The fourth-order valence-electron chi connectivity index (χ4n) is 1.65. The van der Waals surface area contributed by atoms with Crippen molar-refractivity contribution in [2.75, 3.05) is 31.2 Å². The number of carbonyl (C=O) groups excluding carboxylic acids is 1. The smallest absolute Gasteiger partial charge is 0.150 e. The number of nitrogens with zero attached hydrogens (tertiary/aromatic N) is 1. The summed E-state index contributed by atoms with van der Waals surface area (Å²) in [6, 6.07) is 4.38. The van der Waals surface area contributed by atoms with Crippen molar-refractivity contribution in [3.63, 3.8) is 0 Å². The Bertz CT molecular complexity index is 362. The van der Waals surface area contributed by atoms with Gasteiger partial charge in [0.2, 0.25) is 0 Å². The molecule has 1 aliphatic rings. The lowest BCUT2D eigenvalue weighted by molar-refractivity contribution is 0.112. The summed E-state index contributed by atoms with van der Waals surface area (Å²) in [7, 11) is 0. The number of carbonyl (C=O) groups is 1. The lowest BCUT2D eigenvalue weighted by Crippen LogP contribution is -2.36. The normalized spacial score (nSPS) is 16.5. The second-order valence-corrected chi connectivity index (χ2v) is 3.43. The molecule has 0 spiro atoms. The van der Waals surface area contributed by atoms with Crippen LogP contribution in [0.4, 0.5) is 10.1 Å². The van der Waals surface area contributed by atoms with Gasteiger partial charge in [-0.05, 0) is 18.2 Å². The molecule has 0 aliphatic carbocycles. The van der Waals surface area contributed by atoms with Gasteiger partial charge in [-0.25, -0.2) is 4.39 Å². The minimum atomic E-state index is -0.289. The number of aldehydes is 1. The van der Waals surface area contributed by atoms with Gasteiger partial charge in [0.25, 0.3) is 0 Å². The predicted molar refractivity (Wildman–Crippen MR) is 54.8 cm³/mol. The van der Waals surface area contributed by atoms with Crippen LogP contribution < -0.4 is 4.90 Å². The van der Waals surface area contributed by atoms with E-state index >= 15 is 0 Å². The lowest BCUT2D eigenvalue weighted by atomic mass is 10.2. The molecule has 1 heterocycles. The molecule has 0 atom stereocenters. The van der Waals surface area contributed by atoms with E-state index in [4.69, 9.17) is 4.74 Å². The van der Waals surface area contributed by atoms with Gasteiger partial charge in [-0.1, -0.05) is 0 Å². The summed E-state index contributed by atoms with van der Waals surface area (Å²) in [5.41, 5.74) is 0.987. The molecule has 80 valence electrons. The average molecular weight is 209 g/mol. The van der Waals surface area contributed by atoms with E-state index in [0.29, 0.717) is 37.6 Å². The van der Waals surface area contributed by atoms with E-state index in [-0.39, 0.29) is 5.82 Å². The number of anilines is 1. The highest BCUT2D eigenvalue weighted by atomic mass is 19.1. The molecule has 1 aliphatic heterocycles. The Hall–Kier alpha value is -1.42. The van der Waals surface area contributed by atoms with Crippen molar-refractivity contribution in [3.8, 4) is 0 Å². The molecular formula is C11H12FNO2. The van der Waals surface area contributed by atoms with Gasteiger partial charge >= 0.3 is 0 Å². The minimum Gasteiger partial charge on any atom is -0.378 e. The largest absolute Gasteiger partial charge is 0.378 e. The molecule has 0 bridgehead atoms. The van der Waals surface area contributed by atoms with E-state index in [1.807, 2.05) is 4.90 Å². The Kier molecular flexibility index (Phi) is 2.97. The van der Waals surface area contributed by atoms with E-state index < -0.39 is 0 Å². The maximum Gasteiger partial charge on any atom is 0.150 e. The molecule has 3 nitrogen and oxygen atoms in total. The zero-order valence-electron chi connectivity index (χ0n) is 8.28. The highest BCUT2D eigenvalue weighted by molar-refractivity contribution is 5.77. The first-order chi connectivity index (χ1) is 7.31. The van der Waals surface area contributed by atoms with Crippen LogP contribution in [0.5, 0.6) is 0 Å². The highest BCUT2D eigenvalue weighted by Gasteiger charge is 2.15. The second kappa shape index (κ2) is 4.40. The van der Waals surface area contributed by atoms with Crippen molar-refractivity contribution in [2.45, 2.75) is 0 Å². The summed E-state index contributed by atoms with van der Waals surface area (Å²) < 4.78 is 18.7. The molecule has 1 fully saturated rings. The van der Waals surface area contributed by atoms with Crippen LogP contribution in [0.3, 0.4) is 0 Å². The van der Waals surface area contributed by atoms with Crippen molar-refractivity contribution in [2.24, 2.45) is 0 Å². The van der Waals surface area contributed by atoms with Crippen LogP contribution in [-0.2, 0) is 4.74 Å². The maximum atomic E-state index is 13.5. The van der Waals surface area contributed by atoms with Crippen LogP contribution in [0.1, 0.15) is 10.4 Å². The molecule has 0 N–H and O–H groups in total. The Morgan fingerprint density at radius 1 is 1.33 bits per heavy atom. The quantitative estimate of drug-likeness (QED) is 0.691. The highest BCUT2D eigenvalue weighted by Crippen LogP contribution is 2.21. The van der Waals surface area contributed by atoms with Crippen molar-refractivity contribution < 1.29 is 13.9 Å². The van der Waals surface area contributed by atoms with E-state index in [2.05, 4.69) is 0 Å². The summed E-state index contributed by atoms with van der Waals surface area (Å²) in [6.45, 7) is 2.54. The number of hydrogen-bond acceptors (Lipinski definition) is 3. The summed E-state index contributed by atoms with van der Waals surface area (Å²) in [4.78, 5) is 12.5. The molecule has 0 unspecified atom stereocenters. The summed E-state index contributed by atoms with van der Waals surface area (Å²) in [5.74, 6) is -0.289. The Morgan fingerprint density at radius 3 is 2.73 bits per heavy atom. The van der Waals surface area contributed by atoms with Crippen molar-refractivity contribution in [1.82, 2.24) is 0 Å². The zero-order chi connectivity index (χ0) is 10.7. The van der Waals surface area contributed by atoms with Gasteiger partial charge < -0.3 is 9.64 Å². The Labute approximate surface area is 87.5 Å². The molecule has 4 heteroatoms. The number of ether oxygens (including phenoxy) is 1. The van der Waals surface area contributed by atoms with Gasteiger partial charge in [0, 0.05) is 18.7 Å².